The Bertz CT molecular complexity index is 1000. The van der Waals surface area contributed by atoms with Crippen molar-refractivity contribution in [3.8, 4) is 17.2 Å². The molecule has 2 N–H and O–H groups in total. The van der Waals surface area contributed by atoms with E-state index in [2.05, 4.69) is 12.1 Å². The van der Waals surface area contributed by atoms with Crippen LogP contribution in [0.3, 0.4) is 0 Å². The first-order valence-corrected chi connectivity index (χ1v) is 9.41. The number of hydrogen-bond donors (Lipinski definition) is 1. The Hall–Kier alpha value is -3.17. The van der Waals surface area contributed by atoms with E-state index in [9.17, 15) is 14.9 Å². The molecule has 1 unspecified atom stereocenters. The second-order valence-corrected chi connectivity index (χ2v) is 8.20. The van der Waals surface area contributed by atoms with Gasteiger partial charge in [0.25, 0.3) is 0 Å². The molecule has 0 saturated heterocycles. The molecular weight excluding hydrogens is 368 g/mol. The van der Waals surface area contributed by atoms with E-state index in [-0.39, 0.29) is 6.61 Å². The molecule has 0 heterocycles. The molecule has 6 nitrogen and oxygen atoms in total. The molecule has 1 atom stereocenters. The van der Waals surface area contributed by atoms with Crippen molar-refractivity contribution in [2.45, 2.75) is 51.4 Å². The molecule has 0 aliphatic heterocycles. The van der Waals surface area contributed by atoms with Gasteiger partial charge in [0.15, 0.2) is 0 Å². The number of nitrogens with zero attached hydrogens (tertiary/aromatic N) is 1. The van der Waals surface area contributed by atoms with E-state index in [1.807, 2.05) is 30.3 Å². The molecule has 0 bridgehead atoms. The van der Waals surface area contributed by atoms with Gasteiger partial charge in [0.2, 0.25) is 5.54 Å². The van der Waals surface area contributed by atoms with Crippen LogP contribution in [0.2, 0.25) is 0 Å². The first kappa shape index (κ1) is 20.6. The van der Waals surface area contributed by atoms with Gasteiger partial charge in [-0.2, -0.15) is 5.26 Å². The number of benzene rings is 2. The minimum Gasteiger partial charge on any atom is -0.460 e. The molecule has 2 aromatic rings. The second-order valence-electron chi connectivity index (χ2n) is 8.20. The SMILES string of the molecule is CC(C)(C)OC(=O)CC(N)(C#N)C(=O)OCc1cccc2c1Cc1ccccc1-2. The molecule has 6 heteroatoms. The van der Waals surface area contributed by atoms with Crippen LogP contribution in [0.15, 0.2) is 42.5 Å². The Morgan fingerprint density at radius 3 is 2.48 bits per heavy atom. The Kier molecular flexibility index (Phi) is 5.45. The summed E-state index contributed by atoms with van der Waals surface area (Å²) in [7, 11) is 0. The molecule has 0 radical (unpaired) electrons. The number of rotatable bonds is 5. The zero-order valence-electron chi connectivity index (χ0n) is 16.8. The third-order valence-electron chi connectivity index (χ3n) is 4.71. The summed E-state index contributed by atoms with van der Waals surface area (Å²) in [6.07, 6.45) is 0.182. The lowest BCUT2D eigenvalue weighted by Crippen LogP contribution is -2.50. The van der Waals surface area contributed by atoms with Crippen LogP contribution >= 0.6 is 0 Å². The van der Waals surface area contributed by atoms with Crippen molar-refractivity contribution in [2.75, 3.05) is 0 Å². The van der Waals surface area contributed by atoms with Crippen molar-refractivity contribution in [3.05, 3.63) is 59.2 Å². The molecular formula is C23H24N2O4. The summed E-state index contributed by atoms with van der Waals surface area (Å²) >= 11 is 0. The van der Waals surface area contributed by atoms with Crippen LogP contribution < -0.4 is 5.73 Å². The number of hydrogen-bond acceptors (Lipinski definition) is 6. The van der Waals surface area contributed by atoms with Crippen LogP contribution in [-0.2, 0) is 32.1 Å². The Morgan fingerprint density at radius 1 is 1.10 bits per heavy atom. The lowest BCUT2D eigenvalue weighted by atomic mass is 9.98. The molecule has 3 rings (SSSR count). The summed E-state index contributed by atoms with van der Waals surface area (Å²) in [6.45, 7) is 5.07. The molecule has 2 aromatic carbocycles. The number of nitrogens with two attached hydrogens (primary N) is 1. The summed E-state index contributed by atoms with van der Waals surface area (Å²) < 4.78 is 10.5. The minimum absolute atomic E-state index is 0.0229. The fourth-order valence-electron chi connectivity index (χ4n) is 3.39. The predicted octanol–water partition coefficient (Wildman–Crippen LogP) is 3.25. The average Bonchev–Trinajstić information content (AvgIpc) is 3.03. The maximum Gasteiger partial charge on any atom is 0.341 e. The maximum absolute atomic E-state index is 12.5. The van der Waals surface area contributed by atoms with E-state index in [0.29, 0.717) is 0 Å². The minimum atomic E-state index is -2.09. The summed E-state index contributed by atoms with van der Waals surface area (Å²) in [4.78, 5) is 24.5. The van der Waals surface area contributed by atoms with Gasteiger partial charge in [-0.05, 0) is 55.0 Å². The smallest absolute Gasteiger partial charge is 0.341 e. The third kappa shape index (κ3) is 4.47. The van der Waals surface area contributed by atoms with Gasteiger partial charge in [0.1, 0.15) is 12.2 Å². The highest BCUT2D eigenvalue weighted by molar-refractivity contribution is 5.90. The molecule has 0 fully saturated rings. The molecule has 150 valence electrons. The van der Waals surface area contributed by atoms with E-state index in [0.717, 1.165) is 23.1 Å². The fourth-order valence-corrected chi connectivity index (χ4v) is 3.39. The summed E-state index contributed by atoms with van der Waals surface area (Å²) in [5, 5.41) is 9.39. The van der Waals surface area contributed by atoms with Crippen LogP contribution in [0.25, 0.3) is 11.1 Å². The molecule has 1 aliphatic carbocycles. The predicted molar refractivity (Wildman–Crippen MR) is 107 cm³/mol. The normalized spacial score (nSPS) is 14.2. The van der Waals surface area contributed by atoms with E-state index in [1.54, 1.807) is 26.8 Å². The zero-order valence-corrected chi connectivity index (χ0v) is 16.8. The molecule has 1 aliphatic rings. The molecule has 0 aromatic heterocycles. The topological polar surface area (TPSA) is 102 Å². The first-order chi connectivity index (χ1) is 13.6. The standard InChI is InChI=1S/C23H24N2O4/c1-22(2,3)29-20(26)12-23(25,14-24)21(27)28-13-16-8-6-10-18-17-9-5-4-7-15(17)11-19(16)18/h4-10H,11-13,25H2,1-3H3. The molecule has 0 amide bonds. The monoisotopic (exact) mass is 392 g/mol. The fraction of sp³-hybridized carbons (Fsp3) is 0.348. The summed E-state index contributed by atoms with van der Waals surface area (Å²) in [6, 6.07) is 15.7. The number of nitriles is 1. The lowest BCUT2D eigenvalue weighted by molar-refractivity contribution is -0.161. The van der Waals surface area contributed by atoms with Crippen molar-refractivity contribution in [3.63, 3.8) is 0 Å². The van der Waals surface area contributed by atoms with Gasteiger partial charge in [0, 0.05) is 0 Å². The Balaban J connectivity index is 1.71. The highest BCUT2D eigenvalue weighted by Gasteiger charge is 2.40. The Labute approximate surface area is 170 Å². The van der Waals surface area contributed by atoms with Gasteiger partial charge < -0.3 is 15.2 Å². The number of carbonyl (C=O) groups is 2. The Morgan fingerprint density at radius 2 is 1.79 bits per heavy atom. The van der Waals surface area contributed by atoms with E-state index in [1.165, 1.54) is 11.1 Å². The number of ether oxygens (including phenoxy) is 2. The molecule has 0 saturated carbocycles. The maximum atomic E-state index is 12.5. The van der Waals surface area contributed by atoms with Gasteiger partial charge >= 0.3 is 11.9 Å². The van der Waals surface area contributed by atoms with E-state index >= 15 is 0 Å². The van der Waals surface area contributed by atoms with Gasteiger partial charge in [0.05, 0.1) is 12.5 Å². The lowest BCUT2D eigenvalue weighted by Gasteiger charge is -2.23. The summed E-state index contributed by atoms with van der Waals surface area (Å²) in [5.74, 6) is -1.67. The van der Waals surface area contributed by atoms with Crippen LogP contribution in [0.1, 0.15) is 43.9 Å². The molecule has 0 spiro atoms. The number of fused-ring (bicyclic) bond motifs is 3. The third-order valence-corrected chi connectivity index (χ3v) is 4.71. The van der Waals surface area contributed by atoms with Crippen LogP contribution in [0.5, 0.6) is 0 Å². The van der Waals surface area contributed by atoms with Crippen molar-refractivity contribution in [2.24, 2.45) is 5.73 Å². The van der Waals surface area contributed by atoms with Crippen molar-refractivity contribution in [1.82, 2.24) is 0 Å². The van der Waals surface area contributed by atoms with Gasteiger partial charge in [-0.25, -0.2) is 4.79 Å². The highest BCUT2D eigenvalue weighted by atomic mass is 16.6. The first-order valence-electron chi connectivity index (χ1n) is 9.41. The largest absolute Gasteiger partial charge is 0.460 e. The van der Waals surface area contributed by atoms with E-state index in [4.69, 9.17) is 15.2 Å². The number of esters is 2. The highest BCUT2D eigenvalue weighted by Crippen LogP contribution is 2.38. The van der Waals surface area contributed by atoms with Gasteiger partial charge in [-0.1, -0.05) is 42.5 Å². The zero-order chi connectivity index (χ0) is 21.2. The van der Waals surface area contributed by atoms with E-state index < -0.39 is 29.5 Å². The number of carbonyl (C=O) groups excluding carboxylic acids is 2. The quantitative estimate of drug-likeness (QED) is 0.669. The van der Waals surface area contributed by atoms with Crippen molar-refractivity contribution >= 4 is 11.9 Å². The van der Waals surface area contributed by atoms with Gasteiger partial charge in [-0.3, -0.25) is 4.79 Å². The van der Waals surface area contributed by atoms with Crippen LogP contribution in [0.4, 0.5) is 0 Å². The second kappa shape index (κ2) is 7.69. The van der Waals surface area contributed by atoms with Gasteiger partial charge in [-0.15, -0.1) is 0 Å². The van der Waals surface area contributed by atoms with Crippen molar-refractivity contribution in [1.29, 1.82) is 5.26 Å². The van der Waals surface area contributed by atoms with Crippen molar-refractivity contribution < 1.29 is 19.1 Å². The average molecular weight is 392 g/mol. The van der Waals surface area contributed by atoms with Crippen LogP contribution in [-0.4, -0.2) is 23.1 Å². The molecule has 29 heavy (non-hydrogen) atoms. The van der Waals surface area contributed by atoms with Crippen LogP contribution in [0, 0.1) is 11.3 Å². The summed E-state index contributed by atoms with van der Waals surface area (Å²) in [5.41, 5.74) is 8.48.